The molecule has 2 heterocycles. The van der Waals surface area contributed by atoms with Crippen LogP contribution in [-0.2, 0) is 9.59 Å². The molecule has 0 aromatic rings. The van der Waals surface area contributed by atoms with Gasteiger partial charge in [-0.25, -0.2) is 0 Å². The van der Waals surface area contributed by atoms with Crippen LogP contribution in [0.3, 0.4) is 0 Å². The van der Waals surface area contributed by atoms with Crippen LogP contribution in [-0.4, -0.2) is 71.8 Å². The molecule has 5 heteroatoms. The van der Waals surface area contributed by atoms with Crippen LogP contribution >= 0.6 is 0 Å². The van der Waals surface area contributed by atoms with E-state index in [1.54, 1.807) is 0 Å². The van der Waals surface area contributed by atoms with Gasteiger partial charge in [0, 0.05) is 44.6 Å². The maximum absolute atomic E-state index is 12.9. The topological polar surface area (TPSA) is 43.9 Å². The molecule has 24 heavy (non-hydrogen) atoms. The van der Waals surface area contributed by atoms with Gasteiger partial charge in [-0.2, -0.15) is 0 Å². The van der Waals surface area contributed by atoms with Gasteiger partial charge >= 0.3 is 0 Å². The Bertz CT molecular complexity index is 419. The quantitative estimate of drug-likeness (QED) is 0.716. The summed E-state index contributed by atoms with van der Waals surface area (Å²) in [6.07, 6.45) is 5.65. The molecular formula is C19H35N3O2. The predicted molar refractivity (Wildman–Crippen MR) is 96.7 cm³/mol. The molecule has 2 amide bonds. The number of nitrogens with zero attached hydrogens (tertiary/aromatic N) is 3. The minimum absolute atomic E-state index is 0.104. The van der Waals surface area contributed by atoms with Gasteiger partial charge in [0.05, 0.1) is 0 Å². The zero-order valence-electron chi connectivity index (χ0n) is 15.8. The van der Waals surface area contributed by atoms with Gasteiger partial charge in [0.25, 0.3) is 0 Å². The van der Waals surface area contributed by atoms with Crippen LogP contribution in [0.1, 0.15) is 59.3 Å². The molecule has 0 aliphatic carbocycles. The molecule has 1 unspecified atom stereocenters. The molecule has 138 valence electrons. The number of hydrogen-bond donors (Lipinski definition) is 0. The van der Waals surface area contributed by atoms with E-state index in [2.05, 4.69) is 23.6 Å². The van der Waals surface area contributed by atoms with E-state index in [9.17, 15) is 9.59 Å². The minimum atomic E-state index is 0.104. The van der Waals surface area contributed by atoms with E-state index in [-0.39, 0.29) is 11.8 Å². The molecule has 0 radical (unpaired) electrons. The third-order valence-corrected chi connectivity index (χ3v) is 5.69. The van der Waals surface area contributed by atoms with Crippen molar-refractivity contribution in [3.05, 3.63) is 0 Å². The normalized spacial score (nSPS) is 22.8. The van der Waals surface area contributed by atoms with Crippen LogP contribution in [0, 0.1) is 5.92 Å². The van der Waals surface area contributed by atoms with Crippen molar-refractivity contribution in [3.8, 4) is 0 Å². The second-order valence-electron chi connectivity index (χ2n) is 7.21. The van der Waals surface area contributed by atoms with E-state index < -0.39 is 0 Å². The number of hydrogen-bond acceptors (Lipinski definition) is 3. The monoisotopic (exact) mass is 337 g/mol. The zero-order chi connectivity index (χ0) is 17.5. The Hall–Kier alpha value is -1.10. The summed E-state index contributed by atoms with van der Waals surface area (Å²) in [7, 11) is 0. The molecule has 0 aromatic carbocycles. The van der Waals surface area contributed by atoms with Gasteiger partial charge in [-0.15, -0.1) is 0 Å². The summed E-state index contributed by atoms with van der Waals surface area (Å²) >= 11 is 0. The molecular weight excluding hydrogens is 302 g/mol. The maximum Gasteiger partial charge on any atom is 0.225 e. The fraction of sp³-hybridized carbons (Fsp3) is 0.895. The first-order valence-electron chi connectivity index (χ1n) is 9.91. The van der Waals surface area contributed by atoms with Crippen molar-refractivity contribution >= 4 is 11.8 Å². The molecule has 0 spiro atoms. The van der Waals surface area contributed by atoms with Crippen LogP contribution < -0.4 is 0 Å². The largest absolute Gasteiger partial charge is 0.343 e. The molecule has 2 aliphatic heterocycles. The van der Waals surface area contributed by atoms with Gasteiger partial charge in [-0.3, -0.25) is 14.5 Å². The molecule has 0 N–H and O–H groups in total. The number of amides is 2. The number of piperidine rings is 1. The average Bonchev–Trinajstić information content (AvgIpc) is 3.06. The highest BCUT2D eigenvalue weighted by atomic mass is 16.2. The lowest BCUT2D eigenvalue weighted by atomic mass is 9.94. The average molecular weight is 338 g/mol. The SMILES string of the molecule is CCCC(=O)N1CCC(C(=O)N(CC)CC2CCCN2CC)CC1. The van der Waals surface area contributed by atoms with Gasteiger partial charge in [0.15, 0.2) is 0 Å². The lowest BCUT2D eigenvalue weighted by Gasteiger charge is -2.36. The van der Waals surface area contributed by atoms with Gasteiger partial charge < -0.3 is 9.80 Å². The van der Waals surface area contributed by atoms with E-state index in [1.165, 1.54) is 19.4 Å². The first kappa shape index (κ1) is 19.2. The second kappa shape index (κ2) is 9.40. The van der Waals surface area contributed by atoms with E-state index in [0.717, 1.165) is 52.0 Å². The van der Waals surface area contributed by atoms with E-state index in [4.69, 9.17) is 0 Å². The fourth-order valence-corrected chi connectivity index (χ4v) is 4.15. The number of likely N-dealkylation sites (N-methyl/N-ethyl adjacent to an activating group) is 2. The second-order valence-corrected chi connectivity index (χ2v) is 7.21. The van der Waals surface area contributed by atoms with Crippen molar-refractivity contribution in [3.63, 3.8) is 0 Å². The van der Waals surface area contributed by atoms with Crippen molar-refractivity contribution < 1.29 is 9.59 Å². The standard InChI is InChI=1S/C19H35N3O2/c1-4-8-18(23)22-13-10-16(11-14-22)19(24)21(6-3)15-17-9-7-12-20(17)5-2/h16-17H,4-15H2,1-3H3. The zero-order valence-corrected chi connectivity index (χ0v) is 15.8. The molecule has 2 rings (SSSR count). The third kappa shape index (κ3) is 4.71. The summed E-state index contributed by atoms with van der Waals surface area (Å²) in [5, 5.41) is 0. The van der Waals surface area contributed by atoms with Gasteiger partial charge in [-0.05, 0) is 52.1 Å². The van der Waals surface area contributed by atoms with Crippen LogP contribution in [0.2, 0.25) is 0 Å². The first-order valence-corrected chi connectivity index (χ1v) is 9.91. The Morgan fingerprint density at radius 2 is 1.75 bits per heavy atom. The van der Waals surface area contributed by atoms with Crippen molar-refractivity contribution in [2.24, 2.45) is 5.92 Å². The predicted octanol–water partition coefficient (Wildman–Crippen LogP) is 2.36. The highest BCUT2D eigenvalue weighted by Gasteiger charge is 2.32. The van der Waals surface area contributed by atoms with Crippen LogP contribution in [0.4, 0.5) is 0 Å². The summed E-state index contributed by atoms with van der Waals surface area (Å²) in [5.41, 5.74) is 0. The summed E-state index contributed by atoms with van der Waals surface area (Å²) in [5.74, 6) is 0.662. The Labute approximate surface area is 147 Å². The molecule has 2 fully saturated rings. The van der Waals surface area contributed by atoms with E-state index in [0.29, 0.717) is 18.4 Å². The molecule has 0 bridgehead atoms. The van der Waals surface area contributed by atoms with Crippen molar-refractivity contribution in [1.29, 1.82) is 0 Å². The Morgan fingerprint density at radius 3 is 2.33 bits per heavy atom. The Morgan fingerprint density at radius 1 is 1.04 bits per heavy atom. The molecule has 0 saturated carbocycles. The summed E-state index contributed by atoms with van der Waals surface area (Å²) in [6.45, 7) is 11.7. The molecule has 1 atom stereocenters. The summed E-state index contributed by atoms with van der Waals surface area (Å²) in [4.78, 5) is 31.4. The smallest absolute Gasteiger partial charge is 0.225 e. The van der Waals surface area contributed by atoms with Crippen molar-refractivity contribution in [2.75, 3.05) is 39.3 Å². The minimum Gasteiger partial charge on any atom is -0.343 e. The highest BCUT2D eigenvalue weighted by Crippen LogP contribution is 2.23. The van der Waals surface area contributed by atoms with Gasteiger partial charge in [0.1, 0.15) is 0 Å². The van der Waals surface area contributed by atoms with E-state index in [1.807, 2.05) is 11.8 Å². The van der Waals surface area contributed by atoms with Gasteiger partial charge in [-0.1, -0.05) is 13.8 Å². The summed E-state index contributed by atoms with van der Waals surface area (Å²) in [6, 6.07) is 0.533. The molecule has 5 nitrogen and oxygen atoms in total. The molecule has 0 aromatic heterocycles. The van der Waals surface area contributed by atoms with Crippen molar-refractivity contribution in [1.82, 2.24) is 14.7 Å². The van der Waals surface area contributed by atoms with E-state index >= 15 is 0 Å². The van der Waals surface area contributed by atoms with Crippen LogP contribution in [0.25, 0.3) is 0 Å². The lowest BCUT2D eigenvalue weighted by molar-refractivity contribution is -0.141. The molecule has 2 aliphatic rings. The van der Waals surface area contributed by atoms with Crippen molar-refractivity contribution in [2.45, 2.75) is 65.3 Å². The van der Waals surface area contributed by atoms with Crippen LogP contribution in [0.15, 0.2) is 0 Å². The fourth-order valence-electron chi connectivity index (χ4n) is 4.15. The highest BCUT2D eigenvalue weighted by molar-refractivity contribution is 5.80. The molecule has 2 saturated heterocycles. The Balaban J connectivity index is 1.85. The Kier molecular flexibility index (Phi) is 7.53. The number of carbonyl (C=O) groups excluding carboxylic acids is 2. The van der Waals surface area contributed by atoms with Gasteiger partial charge in [0.2, 0.25) is 11.8 Å². The first-order chi connectivity index (χ1) is 11.6. The maximum atomic E-state index is 12.9. The number of carbonyl (C=O) groups is 2. The van der Waals surface area contributed by atoms with Crippen LogP contribution in [0.5, 0.6) is 0 Å². The number of rotatable bonds is 7. The lowest BCUT2D eigenvalue weighted by Crippen LogP contribution is -2.48. The number of likely N-dealkylation sites (tertiary alicyclic amines) is 2. The third-order valence-electron chi connectivity index (χ3n) is 5.69. The summed E-state index contributed by atoms with van der Waals surface area (Å²) < 4.78 is 0.